The summed E-state index contributed by atoms with van der Waals surface area (Å²) in [5, 5.41) is 11.2. The largest absolute Gasteiger partial charge is 0.354 e. The van der Waals surface area contributed by atoms with Crippen molar-refractivity contribution in [3.8, 4) is 0 Å². The zero-order chi connectivity index (χ0) is 13.4. The van der Waals surface area contributed by atoms with Gasteiger partial charge in [-0.2, -0.15) is 15.1 Å². The summed E-state index contributed by atoms with van der Waals surface area (Å²) in [4.78, 5) is 11.5. The van der Waals surface area contributed by atoms with Gasteiger partial charge in [0.25, 0.3) is 0 Å². The van der Waals surface area contributed by atoms with Gasteiger partial charge in [-0.05, 0) is 26.2 Å². The normalized spacial score (nSPS) is 23.2. The molecule has 2 unspecified atom stereocenters. The van der Waals surface area contributed by atoms with Crippen molar-refractivity contribution in [2.75, 3.05) is 23.3 Å². The molecular formula is C13H20N6. The number of hydrogen-bond acceptors (Lipinski definition) is 5. The molecule has 0 spiro atoms. The first kappa shape index (κ1) is 12.2. The molecule has 6 nitrogen and oxygen atoms in total. The average molecular weight is 260 g/mol. The van der Waals surface area contributed by atoms with E-state index >= 15 is 0 Å². The van der Waals surface area contributed by atoms with Crippen molar-refractivity contribution in [3.63, 3.8) is 0 Å². The molecule has 6 heteroatoms. The molecule has 0 amide bonds. The first-order chi connectivity index (χ1) is 9.19. The quantitative estimate of drug-likeness (QED) is 0.883. The van der Waals surface area contributed by atoms with Gasteiger partial charge in [-0.25, -0.2) is 0 Å². The molecule has 3 rings (SSSR count). The molecule has 0 saturated carbocycles. The molecule has 102 valence electrons. The lowest BCUT2D eigenvalue weighted by Gasteiger charge is -2.23. The highest BCUT2D eigenvalue weighted by molar-refractivity contribution is 5.87. The summed E-state index contributed by atoms with van der Waals surface area (Å²) >= 11 is 0. The Morgan fingerprint density at radius 2 is 2.26 bits per heavy atom. The number of anilines is 2. The Bertz CT molecular complexity index is 578. The number of H-pyrrole nitrogens is 1. The van der Waals surface area contributed by atoms with Gasteiger partial charge < -0.3 is 10.2 Å². The maximum Gasteiger partial charge on any atom is 0.226 e. The fourth-order valence-electron chi connectivity index (χ4n) is 2.87. The third-order valence-corrected chi connectivity index (χ3v) is 3.68. The van der Waals surface area contributed by atoms with Gasteiger partial charge in [0, 0.05) is 19.1 Å². The monoisotopic (exact) mass is 260 g/mol. The first-order valence-electron chi connectivity index (χ1n) is 6.90. The molecule has 2 aromatic heterocycles. The van der Waals surface area contributed by atoms with E-state index in [-0.39, 0.29) is 0 Å². The van der Waals surface area contributed by atoms with E-state index in [2.05, 4.69) is 44.2 Å². The summed E-state index contributed by atoms with van der Waals surface area (Å²) in [6.45, 7) is 8.44. The van der Waals surface area contributed by atoms with Crippen LogP contribution in [0.4, 0.5) is 11.8 Å². The van der Waals surface area contributed by atoms with Crippen LogP contribution in [0, 0.1) is 5.92 Å². The minimum atomic E-state index is 0.512. The Morgan fingerprint density at radius 1 is 1.42 bits per heavy atom. The molecule has 1 fully saturated rings. The molecule has 2 aromatic rings. The second-order valence-corrected chi connectivity index (χ2v) is 5.38. The van der Waals surface area contributed by atoms with E-state index < -0.39 is 0 Å². The van der Waals surface area contributed by atoms with Gasteiger partial charge in [-0.3, -0.25) is 5.10 Å². The van der Waals surface area contributed by atoms with Crippen LogP contribution in [-0.2, 0) is 0 Å². The maximum absolute atomic E-state index is 4.67. The molecular weight excluding hydrogens is 240 g/mol. The molecule has 19 heavy (non-hydrogen) atoms. The maximum atomic E-state index is 4.67. The smallest absolute Gasteiger partial charge is 0.226 e. The summed E-state index contributed by atoms with van der Waals surface area (Å²) in [6, 6.07) is 0.512. The SMILES string of the molecule is CCNc1nc(N2CC(C)CC2C)c2cn[nH]c2n1. The second kappa shape index (κ2) is 4.68. The zero-order valence-electron chi connectivity index (χ0n) is 11.6. The minimum Gasteiger partial charge on any atom is -0.354 e. The number of nitrogens with zero attached hydrogens (tertiary/aromatic N) is 4. The van der Waals surface area contributed by atoms with Crippen molar-refractivity contribution in [1.82, 2.24) is 20.2 Å². The fraction of sp³-hybridized carbons (Fsp3) is 0.615. The number of aromatic amines is 1. The third kappa shape index (κ3) is 2.11. The summed E-state index contributed by atoms with van der Waals surface area (Å²) in [6.07, 6.45) is 3.02. The van der Waals surface area contributed by atoms with E-state index in [9.17, 15) is 0 Å². The van der Waals surface area contributed by atoms with Crippen molar-refractivity contribution in [2.24, 2.45) is 5.92 Å². The van der Waals surface area contributed by atoms with Crippen molar-refractivity contribution in [2.45, 2.75) is 33.2 Å². The van der Waals surface area contributed by atoms with E-state index in [1.165, 1.54) is 6.42 Å². The molecule has 1 saturated heterocycles. The highest BCUT2D eigenvalue weighted by Crippen LogP contribution is 2.32. The van der Waals surface area contributed by atoms with Crippen LogP contribution in [0.3, 0.4) is 0 Å². The van der Waals surface area contributed by atoms with Crippen LogP contribution in [0.5, 0.6) is 0 Å². The Hall–Kier alpha value is -1.85. The van der Waals surface area contributed by atoms with Crippen molar-refractivity contribution < 1.29 is 0 Å². The number of hydrogen-bond donors (Lipinski definition) is 2. The first-order valence-corrected chi connectivity index (χ1v) is 6.90. The third-order valence-electron chi connectivity index (χ3n) is 3.68. The van der Waals surface area contributed by atoms with Crippen LogP contribution < -0.4 is 10.2 Å². The van der Waals surface area contributed by atoms with E-state index in [0.29, 0.717) is 17.9 Å². The lowest BCUT2D eigenvalue weighted by Crippen LogP contribution is -2.28. The van der Waals surface area contributed by atoms with Gasteiger partial charge in [0.15, 0.2) is 5.65 Å². The van der Waals surface area contributed by atoms with E-state index in [4.69, 9.17) is 0 Å². The Kier molecular flexibility index (Phi) is 3.00. The van der Waals surface area contributed by atoms with Crippen molar-refractivity contribution in [1.29, 1.82) is 0 Å². The summed E-state index contributed by atoms with van der Waals surface area (Å²) in [5.41, 5.74) is 0.799. The van der Waals surface area contributed by atoms with Crippen molar-refractivity contribution in [3.05, 3.63) is 6.20 Å². The summed E-state index contributed by atoms with van der Waals surface area (Å²) in [7, 11) is 0. The van der Waals surface area contributed by atoms with Crippen LogP contribution in [0.25, 0.3) is 11.0 Å². The summed E-state index contributed by atoms with van der Waals surface area (Å²) in [5.74, 6) is 2.36. The predicted octanol–water partition coefficient (Wildman–Crippen LogP) is 2.02. The van der Waals surface area contributed by atoms with E-state index in [0.717, 1.165) is 29.9 Å². The van der Waals surface area contributed by atoms with Gasteiger partial charge in [0.2, 0.25) is 5.95 Å². The second-order valence-electron chi connectivity index (χ2n) is 5.38. The molecule has 1 aliphatic heterocycles. The topological polar surface area (TPSA) is 69.7 Å². The molecule has 1 aliphatic rings. The minimum absolute atomic E-state index is 0.512. The van der Waals surface area contributed by atoms with Crippen LogP contribution in [0.15, 0.2) is 6.20 Å². The van der Waals surface area contributed by atoms with Gasteiger partial charge in [-0.15, -0.1) is 0 Å². The van der Waals surface area contributed by atoms with Gasteiger partial charge in [0.05, 0.1) is 11.6 Å². The van der Waals surface area contributed by atoms with Crippen molar-refractivity contribution >= 4 is 22.8 Å². The molecule has 2 N–H and O–H groups in total. The molecule has 0 aliphatic carbocycles. The summed E-state index contributed by atoms with van der Waals surface area (Å²) < 4.78 is 0. The van der Waals surface area contributed by atoms with Crippen LogP contribution in [-0.4, -0.2) is 39.3 Å². The van der Waals surface area contributed by atoms with Gasteiger partial charge >= 0.3 is 0 Å². The molecule has 0 bridgehead atoms. The Labute approximate surface area is 112 Å². The molecule has 0 aromatic carbocycles. The van der Waals surface area contributed by atoms with Crippen LogP contribution in [0.2, 0.25) is 0 Å². The zero-order valence-corrected chi connectivity index (χ0v) is 11.6. The fourth-order valence-corrected chi connectivity index (χ4v) is 2.87. The predicted molar refractivity (Wildman–Crippen MR) is 76.4 cm³/mol. The number of fused-ring (bicyclic) bond motifs is 1. The standard InChI is InChI=1S/C13H20N6/c1-4-14-13-16-11-10(6-15-18-11)12(17-13)19-7-8(2)5-9(19)3/h6,8-9H,4-5,7H2,1-3H3,(H2,14,15,16,17,18). The average Bonchev–Trinajstić information content (AvgIpc) is 2.95. The Morgan fingerprint density at radius 3 is 2.95 bits per heavy atom. The number of aromatic nitrogens is 4. The number of rotatable bonds is 3. The lowest BCUT2D eigenvalue weighted by molar-refractivity contribution is 0.625. The number of nitrogens with one attached hydrogen (secondary N) is 2. The van der Waals surface area contributed by atoms with Gasteiger partial charge in [0.1, 0.15) is 5.82 Å². The Balaban J connectivity index is 2.07. The van der Waals surface area contributed by atoms with Crippen LogP contribution >= 0.6 is 0 Å². The molecule has 3 heterocycles. The van der Waals surface area contributed by atoms with Crippen LogP contribution in [0.1, 0.15) is 27.2 Å². The molecule has 2 atom stereocenters. The highest BCUT2D eigenvalue weighted by atomic mass is 15.3. The lowest BCUT2D eigenvalue weighted by atomic mass is 10.1. The van der Waals surface area contributed by atoms with Gasteiger partial charge in [-0.1, -0.05) is 6.92 Å². The van der Waals surface area contributed by atoms with E-state index in [1.807, 2.05) is 13.1 Å². The highest BCUT2D eigenvalue weighted by Gasteiger charge is 2.29. The van der Waals surface area contributed by atoms with E-state index in [1.54, 1.807) is 0 Å². The molecule has 0 radical (unpaired) electrons.